The predicted molar refractivity (Wildman–Crippen MR) is 109 cm³/mol. The van der Waals surface area contributed by atoms with E-state index in [1.54, 1.807) is 7.11 Å². The van der Waals surface area contributed by atoms with Crippen LogP contribution in [0.5, 0.6) is 5.75 Å². The predicted octanol–water partition coefficient (Wildman–Crippen LogP) is 3.45. The molecule has 1 amide bonds. The van der Waals surface area contributed by atoms with Gasteiger partial charge in [-0.05, 0) is 50.8 Å². The number of amides is 1. The zero-order chi connectivity index (χ0) is 20.0. The standard InChI is InChI=1S/C22H36N2O3/c1-6-16(3)23(17(4)7-2)15-21(25)20-11-12-22(26)24(20)14-18-9-8-10-19(13-18)27-5/h8-10,13,16-17,20-21,25H,6-7,11-12,14-15H2,1-5H3/t16?,17?,20-,21+/m0/s1. The van der Waals surface area contributed by atoms with Crippen molar-refractivity contribution in [3.05, 3.63) is 29.8 Å². The van der Waals surface area contributed by atoms with Crippen LogP contribution in [0.15, 0.2) is 24.3 Å². The summed E-state index contributed by atoms with van der Waals surface area (Å²) in [5, 5.41) is 11.0. The van der Waals surface area contributed by atoms with E-state index in [1.165, 1.54) is 0 Å². The lowest BCUT2D eigenvalue weighted by Crippen LogP contribution is -2.50. The van der Waals surface area contributed by atoms with Crippen LogP contribution in [0.25, 0.3) is 0 Å². The highest BCUT2D eigenvalue weighted by Gasteiger charge is 2.37. The van der Waals surface area contributed by atoms with E-state index in [2.05, 4.69) is 32.6 Å². The third kappa shape index (κ3) is 5.45. The van der Waals surface area contributed by atoms with E-state index >= 15 is 0 Å². The number of methoxy groups -OCH3 is 1. The Balaban J connectivity index is 2.11. The third-order valence-corrected chi connectivity index (χ3v) is 6.02. The molecule has 1 aromatic rings. The molecule has 1 N–H and O–H groups in total. The fraction of sp³-hybridized carbons (Fsp3) is 0.682. The number of aliphatic hydroxyl groups is 1. The topological polar surface area (TPSA) is 53.0 Å². The molecule has 152 valence electrons. The third-order valence-electron chi connectivity index (χ3n) is 6.02. The van der Waals surface area contributed by atoms with E-state index in [-0.39, 0.29) is 11.9 Å². The van der Waals surface area contributed by atoms with Gasteiger partial charge in [-0.3, -0.25) is 9.69 Å². The van der Waals surface area contributed by atoms with Crippen molar-refractivity contribution in [2.24, 2.45) is 0 Å². The van der Waals surface area contributed by atoms with Crippen LogP contribution in [0, 0.1) is 0 Å². The van der Waals surface area contributed by atoms with Crippen molar-refractivity contribution < 1.29 is 14.6 Å². The second kappa shape index (κ2) is 10.1. The molecular weight excluding hydrogens is 340 g/mol. The number of ether oxygens (including phenoxy) is 1. The van der Waals surface area contributed by atoms with Crippen molar-refractivity contribution in [1.82, 2.24) is 9.80 Å². The summed E-state index contributed by atoms with van der Waals surface area (Å²) in [6.07, 6.45) is 2.80. The number of carbonyl (C=O) groups is 1. The van der Waals surface area contributed by atoms with Gasteiger partial charge >= 0.3 is 0 Å². The molecule has 0 spiro atoms. The summed E-state index contributed by atoms with van der Waals surface area (Å²) in [5.74, 6) is 0.913. The highest BCUT2D eigenvalue weighted by molar-refractivity contribution is 5.78. The molecule has 1 fully saturated rings. The highest BCUT2D eigenvalue weighted by atomic mass is 16.5. The largest absolute Gasteiger partial charge is 0.497 e. The molecule has 1 aliphatic heterocycles. The SMILES string of the molecule is CCC(C)N(C[C@@H](O)[C@@H]1CCC(=O)N1Cc1cccc(OC)c1)C(C)CC. The summed E-state index contributed by atoms with van der Waals surface area (Å²) in [5.41, 5.74) is 1.03. The number of nitrogens with zero attached hydrogens (tertiary/aromatic N) is 2. The van der Waals surface area contributed by atoms with E-state index in [1.807, 2.05) is 29.2 Å². The van der Waals surface area contributed by atoms with Gasteiger partial charge in [0.05, 0.1) is 19.3 Å². The van der Waals surface area contributed by atoms with E-state index in [0.717, 1.165) is 30.6 Å². The first-order chi connectivity index (χ1) is 12.9. The number of aliphatic hydroxyl groups excluding tert-OH is 1. The summed E-state index contributed by atoms with van der Waals surface area (Å²) in [7, 11) is 1.64. The van der Waals surface area contributed by atoms with Crippen LogP contribution in [0.4, 0.5) is 0 Å². The van der Waals surface area contributed by atoms with Crippen LogP contribution >= 0.6 is 0 Å². The zero-order valence-electron chi connectivity index (χ0n) is 17.5. The van der Waals surface area contributed by atoms with Crippen LogP contribution in [0.2, 0.25) is 0 Å². The Morgan fingerprint density at radius 1 is 1.26 bits per heavy atom. The Labute approximate surface area is 164 Å². The van der Waals surface area contributed by atoms with Gasteiger partial charge in [-0.2, -0.15) is 0 Å². The lowest BCUT2D eigenvalue weighted by atomic mass is 10.0. The summed E-state index contributed by atoms with van der Waals surface area (Å²) in [6.45, 7) is 9.92. The number of likely N-dealkylation sites (tertiary alicyclic amines) is 1. The molecule has 0 aliphatic carbocycles. The fourth-order valence-electron chi connectivity index (χ4n) is 3.93. The summed E-state index contributed by atoms with van der Waals surface area (Å²) >= 11 is 0. The maximum absolute atomic E-state index is 12.5. The maximum Gasteiger partial charge on any atom is 0.223 e. The van der Waals surface area contributed by atoms with Crippen molar-refractivity contribution in [3.63, 3.8) is 0 Å². The van der Waals surface area contributed by atoms with Gasteiger partial charge in [-0.15, -0.1) is 0 Å². The molecule has 1 saturated heterocycles. The molecule has 5 heteroatoms. The van der Waals surface area contributed by atoms with Crippen LogP contribution in [0.3, 0.4) is 0 Å². The first-order valence-electron chi connectivity index (χ1n) is 10.3. The summed E-state index contributed by atoms with van der Waals surface area (Å²) in [6, 6.07) is 8.50. The zero-order valence-corrected chi connectivity index (χ0v) is 17.5. The molecule has 2 unspecified atom stereocenters. The van der Waals surface area contributed by atoms with E-state index in [9.17, 15) is 9.90 Å². The molecule has 0 aromatic heterocycles. The number of hydrogen-bond acceptors (Lipinski definition) is 4. The Kier molecular flexibility index (Phi) is 8.11. The average molecular weight is 377 g/mol. The van der Waals surface area contributed by atoms with Gasteiger partial charge in [0.1, 0.15) is 5.75 Å². The lowest BCUT2D eigenvalue weighted by molar-refractivity contribution is -0.131. The minimum absolute atomic E-state index is 0.125. The normalized spacial score (nSPS) is 20.8. The second-order valence-electron chi connectivity index (χ2n) is 7.76. The molecule has 1 aromatic carbocycles. The number of rotatable bonds is 10. The molecule has 1 aliphatic rings. The molecule has 27 heavy (non-hydrogen) atoms. The van der Waals surface area contributed by atoms with Crippen LogP contribution in [0.1, 0.15) is 58.9 Å². The summed E-state index contributed by atoms with van der Waals surface area (Å²) in [4.78, 5) is 16.7. The Morgan fingerprint density at radius 2 is 1.93 bits per heavy atom. The molecule has 5 nitrogen and oxygen atoms in total. The van der Waals surface area contributed by atoms with Crippen molar-refractivity contribution in [1.29, 1.82) is 0 Å². The first-order valence-corrected chi connectivity index (χ1v) is 10.3. The average Bonchev–Trinajstić information content (AvgIpc) is 3.05. The van der Waals surface area contributed by atoms with Gasteiger partial charge in [0.2, 0.25) is 5.91 Å². The Morgan fingerprint density at radius 3 is 2.52 bits per heavy atom. The molecule has 4 atom stereocenters. The van der Waals surface area contributed by atoms with Crippen molar-refractivity contribution in [2.45, 2.75) is 84.2 Å². The quantitative estimate of drug-likeness (QED) is 0.680. The highest BCUT2D eigenvalue weighted by Crippen LogP contribution is 2.26. The fourth-order valence-corrected chi connectivity index (χ4v) is 3.93. The van der Waals surface area contributed by atoms with Crippen LogP contribution < -0.4 is 4.74 Å². The van der Waals surface area contributed by atoms with Gasteiger partial charge in [0.25, 0.3) is 0 Å². The van der Waals surface area contributed by atoms with E-state index < -0.39 is 6.10 Å². The van der Waals surface area contributed by atoms with Crippen molar-refractivity contribution >= 4 is 5.91 Å². The number of carbonyl (C=O) groups excluding carboxylic acids is 1. The monoisotopic (exact) mass is 376 g/mol. The van der Waals surface area contributed by atoms with Gasteiger partial charge < -0.3 is 14.7 Å². The first kappa shape index (κ1) is 21.7. The molecule has 2 rings (SSSR count). The number of benzene rings is 1. The summed E-state index contributed by atoms with van der Waals surface area (Å²) < 4.78 is 5.29. The van der Waals surface area contributed by atoms with E-state index in [0.29, 0.717) is 31.6 Å². The molecule has 0 bridgehead atoms. The maximum atomic E-state index is 12.5. The molecule has 1 heterocycles. The smallest absolute Gasteiger partial charge is 0.223 e. The molecular formula is C22H36N2O3. The van der Waals surface area contributed by atoms with Crippen molar-refractivity contribution in [2.75, 3.05) is 13.7 Å². The minimum atomic E-state index is -0.537. The van der Waals surface area contributed by atoms with E-state index in [4.69, 9.17) is 4.74 Å². The lowest BCUT2D eigenvalue weighted by Gasteiger charge is -2.38. The Hall–Kier alpha value is -1.59. The van der Waals surface area contributed by atoms with Gasteiger partial charge in [-0.25, -0.2) is 0 Å². The molecule has 0 saturated carbocycles. The molecule has 0 radical (unpaired) electrons. The Bertz CT molecular complexity index is 597. The van der Waals surface area contributed by atoms with Gasteiger partial charge in [0.15, 0.2) is 0 Å². The van der Waals surface area contributed by atoms with Crippen molar-refractivity contribution in [3.8, 4) is 5.75 Å². The minimum Gasteiger partial charge on any atom is -0.497 e. The van der Waals surface area contributed by atoms with Gasteiger partial charge in [-0.1, -0.05) is 26.0 Å². The second-order valence-corrected chi connectivity index (χ2v) is 7.76. The number of hydrogen-bond donors (Lipinski definition) is 1. The van der Waals surface area contributed by atoms with Crippen LogP contribution in [-0.4, -0.2) is 58.7 Å². The van der Waals surface area contributed by atoms with Gasteiger partial charge in [0, 0.05) is 31.6 Å². The van der Waals surface area contributed by atoms with Crippen LogP contribution in [-0.2, 0) is 11.3 Å².